The third kappa shape index (κ3) is 5.49. The zero-order valence-electron chi connectivity index (χ0n) is 26.7. The van der Waals surface area contributed by atoms with Crippen LogP contribution in [0.4, 0.5) is 17.1 Å². The molecule has 232 valence electrons. The van der Waals surface area contributed by atoms with Gasteiger partial charge in [-0.25, -0.2) is 4.99 Å². The molecule has 49 heavy (non-hydrogen) atoms. The van der Waals surface area contributed by atoms with E-state index in [0.717, 1.165) is 77.9 Å². The molecule has 0 fully saturated rings. The second kappa shape index (κ2) is 12.3. The molecule has 2 heterocycles. The van der Waals surface area contributed by atoms with Gasteiger partial charge in [-0.1, -0.05) is 115 Å². The third-order valence-corrected chi connectivity index (χ3v) is 9.08. The standard InChI is InChI=1S/C45H31N3O/c1-3-12-31(13-4-1)29-46-45-36-18-10-17-35(25-36)41-27-39(28-43-44(41)40-22-7-8-23-42(40)49-43)48(37-19-5-2-6-20-37)38-21-11-16-34(26-38)33-15-9-14-32(24-33)30-47-45/h1-29H,30H2. The van der Waals surface area contributed by atoms with Gasteiger partial charge in [-0.15, -0.1) is 0 Å². The molecular weight excluding hydrogens is 599 g/mol. The Bertz CT molecular complexity index is 2530. The highest BCUT2D eigenvalue weighted by Gasteiger charge is 2.20. The predicted octanol–water partition coefficient (Wildman–Crippen LogP) is 11.8. The highest BCUT2D eigenvalue weighted by atomic mass is 16.3. The van der Waals surface area contributed by atoms with Crippen LogP contribution in [0.5, 0.6) is 0 Å². The molecule has 0 atom stereocenters. The number of hydrogen-bond acceptors (Lipinski definition) is 4. The summed E-state index contributed by atoms with van der Waals surface area (Å²) >= 11 is 0. The summed E-state index contributed by atoms with van der Waals surface area (Å²) in [5.74, 6) is 0.681. The maximum atomic E-state index is 6.59. The molecule has 0 radical (unpaired) electrons. The highest BCUT2D eigenvalue weighted by Crippen LogP contribution is 2.44. The number of nitrogens with zero attached hydrogens (tertiary/aromatic N) is 3. The monoisotopic (exact) mass is 629 g/mol. The Kier molecular flexibility index (Phi) is 7.17. The lowest BCUT2D eigenvalue weighted by Gasteiger charge is -2.27. The highest BCUT2D eigenvalue weighted by molar-refractivity contribution is 6.14. The summed E-state index contributed by atoms with van der Waals surface area (Å²) in [5, 5.41) is 2.17. The van der Waals surface area contributed by atoms with Crippen LogP contribution in [0.25, 0.3) is 44.2 Å². The Labute approximate surface area is 285 Å². The van der Waals surface area contributed by atoms with Gasteiger partial charge in [0.15, 0.2) is 5.84 Å². The van der Waals surface area contributed by atoms with Crippen molar-refractivity contribution in [3.05, 3.63) is 187 Å². The number of aliphatic imine (C=N–C) groups is 2. The minimum Gasteiger partial charge on any atom is -0.456 e. The molecule has 7 aromatic carbocycles. The van der Waals surface area contributed by atoms with Crippen LogP contribution in [0.15, 0.2) is 184 Å². The zero-order valence-corrected chi connectivity index (χ0v) is 26.7. The Hall–Kier alpha value is -6.52. The van der Waals surface area contributed by atoms with Crippen molar-refractivity contribution >= 4 is 51.1 Å². The van der Waals surface area contributed by atoms with Crippen LogP contribution in [0.3, 0.4) is 0 Å². The molecule has 4 nitrogen and oxygen atoms in total. The molecule has 0 unspecified atom stereocenters. The van der Waals surface area contributed by atoms with Gasteiger partial charge in [0.1, 0.15) is 11.2 Å². The van der Waals surface area contributed by atoms with Crippen molar-refractivity contribution in [2.24, 2.45) is 9.98 Å². The van der Waals surface area contributed by atoms with E-state index in [-0.39, 0.29) is 0 Å². The van der Waals surface area contributed by atoms with E-state index in [2.05, 4.69) is 144 Å². The lowest BCUT2D eigenvalue weighted by molar-refractivity contribution is 0.669. The number of fused-ring (bicyclic) bond motifs is 14. The summed E-state index contributed by atoms with van der Waals surface area (Å²) in [4.78, 5) is 12.4. The average molecular weight is 630 g/mol. The van der Waals surface area contributed by atoms with E-state index in [9.17, 15) is 0 Å². The number of furan rings is 1. The van der Waals surface area contributed by atoms with Crippen LogP contribution in [0, 0.1) is 0 Å². The summed E-state index contributed by atoms with van der Waals surface area (Å²) in [6, 6.07) is 59.4. The van der Waals surface area contributed by atoms with Gasteiger partial charge >= 0.3 is 0 Å². The summed E-state index contributed by atoms with van der Waals surface area (Å²) in [6.07, 6.45) is 1.89. The largest absolute Gasteiger partial charge is 0.456 e. The van der Waals surface area contributed by atoms with Crippen molar-refractivity contribution in [3.63, 3.8) is 0 Å². The molecule has 8 aromatic rings. The smallest absolute Gasteiger partial charge is 0.154 e. The van der Waals surface area contributed by atoms with Crippen molar-refractivity contribution < 1.29 is 4.42 Å². The first-order valence-corrected chi connectivity index (χ1v) is 16.5. The number of amidine groups is 1. The van der Waals surface area contributed by atoms with Crippen LogP contribution < -0.4 is 4.90 Å². The third-order valence-electron chi connectivity index (χ3n) is 9.08. The number of para-hydroxylation sites is 2. The number of benzene rings is 7. The van der Waals surface area contributed by atoms with E-state index in [1.165, 1.54) is 0 Å². The molecule has 1 aliphatic rings. The number of rotatable bonds is 2. The van der Waals surface area contributed by atoms with Crippen molar-refractivity contribution in [2.75, 3.05) is 4.90 Å². The minimum absolute atomic E-state index is 0.501. The molecule has 0 saturated heterocycles. The van der Waals surface area contributed by atoms with Crippen LogP contribution in [0.2, 0.25) is 0 Å². The maximum absolute atomic E-state index is 6.59. The van der Waals surface area contributed by atoms with Gasteiger partial charge in [0.2, 0.25) is 0 Å². The Morgan fingerprint density at radius 2 is 1.22 bits per heavy atom. The molecule has 0 N–H and O–H groups in total. The molecule has 0 spiro atoms. The average Bonchev–Trinajstić information content (AvgIpc) is 3.54. The van der Waals surface area contributed by atoms with E-state index in [1.54, 1.807) is 0 Å². The first kappa shape index (κ1) is 28.7. The zero-order chi connectivity index (χ0) is 32.6. The first-order valence-electron chi connectivity index (χ1n) is 16.5. The summed E-state index contributed by atoms with van der Waals surface area (Å²) in [6.45, 7) is 0.501. The maximum Gasteiger partial charge on any atom is 0.154 e. The molecule has 0 amide bonds. The second-order valence-corrected chi connectivity index (χ2v) is 12.3. The van der Waals surface area contributed by atoms with Crippen LogP contribution in [-0.4, -0.2) is 12.1 Å². The Morgan fingerprint density at radius 3 is 2.10 bits per heavy atom. The fraction of sp³-hybridized carbons (Fsp3) is 0.0222. The number of anilines is 3. The minimum atomic E-state index is 0.501. The predicted molar refractivity (Wildman–Crippen MR) is 204 cm³/mol. The van der Waals surface area contributed by atoms with E-state index in [4.69, 9.17) is 14.4 Å². The fourth-order valence-corrected chi connectivity index (χ4v) is 6.77. The summed E-state index contributed by atoms with van der Waals surface area (Å²) in [5.41, 5.74) is 12.3. The lowest BCUT2D eigenvalue weighted by atomic mass is 9.96. The lowest BCUT2D eigenvalue weighted by Crippen LogP contribution is -2.10. The quantitative estimate of drug-likeness (QED) is 0.179. The van der Waals surface area contributed by atoms with Crippen LogP contribution in [0.1, 0.15) is 16.7 Å². The molecule has 1 aliphatic heterocycles. The summed E-state index contributed by atoms with van der Waals surface area (Å²) < 4.78 is 6.59. The van der Waals surface area contributed by atoms with Gasteiger partial charge in [-0.05, 0) is 81.9 Å². The van der Waals surface area contributed by atoms with Crippen molar-refractivity contribution in [2.45, 2.75) is 6.54 Å². The molecule has 8 bridgehead atoms. The fourth-order valence-electron chi connectivity index (χ4n) is 6.77. The van der Waals surface area contributed by atoms with Crippen molar-refractivity contribution in [1.29, 1.82) is 0 Å². The van der Waals surface area contributed by atoms with Gasteiger partial charge in [0.25, 0.3) is 0 Å². The second-order valence-electron chi connectivity index (χ2n) is 12.3. The normalized spacial score (nSPS) is 12.8. The molecule has 9 rings (SSSR count). The first-order chi connectivity index (χ1) is 24.3. The van der Waals surface area contributed by atoms with Gasteiger partial charge in [0.05, 0.1) is 12.2 Å². The molecular formula is C45H31N3O. The molecule has 0 saturated carbocycles. The Morgan fingerprint density at radius 1 is 0.531 bits per heavy atom. The van der Waals surface area contributed by atoms with Crippen molar-refractivity contribution in [3.8, 4) is 22.3 Å². The summed E-state index contributed by atoms with van der Waals surface area (Å²) in [7, 11) is 0. The molecule has 0 aliphatic carbocycles. The van der Waals surface area contributed by atoms with E-state index in [0.29, 0.717) is 12.4 Å². The van der Waals surface area contributed by atoms with Gasteiger partial charge < -0.3 is 9.32 Å². The van der Waals surface area contributed by atoms with E-state index >= 15 is 0 Å². The molecule has 4 heteroatoms. The van der Waals surface area contributed by atoms with Crippen LogP contribution in [-0.2, 0) is 6.54 Å². The van der Waals surface area contributed by atoms with E-state index in [1.807, 2.05) is 36.5 Å². The topological polar surface area (TPSA) is 41.1 Å². The molecule has 1 aromatic heterocycles. The van der Waals surface area contributed by atoms with Crippen molar-refractivity contribution in [1.82, 2.24) is 0 Å². The van der Waals surface area contributed by atoms with Gasteiger partial charge in [0, 0.05) is 40.0 Å². The Balaban J connectivity index is 1.34. The van der Waals surface area contributed by atoms with Crippen LogP contribution >= 0.6 is 0 Å². The number of hydrogen-bond donors (Lipinski definition) is 0. The van der Waals surface area contributed by atoms with E-state index < -0.39 is 0 Å². The van der Waals surface area contributed by atoms with Gasteiger partial charge in [-0.3, -0.25) is 4.99 Å². The van der Waals surface area contributed by atoms with Gasteiger partial charge in [-0.2, -0.15) is 0 Å². The SMILES string of the molecule is C(=NC1=NCc2cccc(c2)-c2cccc(c2)N(c2ccccc2)c2cc(c3c(c2)oc2ccccc23)-c2cccc1c2)c1ccccc1.